The Morgan fingerprint density at radius 1 is 1.20 bits per heavy atom. The van der Waals surface area contributed by atoms with E-state index in [9.17, 15) is 18.0 Å². The SMILES string of the molecule is O=C(Nc1cc2c(-c3nc4ccc(N5CCCOC5)cn4n3)cnc(C(F)F)c2cn1)[C@@H]1C[C@@H]1F. The van der Waals surface area contributed by atoms with Crippen LogP contribution in [0.2, 0.25) is 0 Å². The molecule has 35 heavy (non-hydrogen) atoms. The van der Waals surface area contributed by atoms with E-state index >= 15 is 0 Å². The van der Waals surface area contributed by atoms with Gasteiger partial charge in [0.05, 0.1) is 24.4 Å². The number of nitrogens with zero attached hydrogens (tertiary/aromatic N) is 6. The number of hydrogen-bond acceptors (Lipinski definition) is 7. The number of carbonyl (C=O) groups excluding carboxylic acids is 1. The van der Waals surface area contributed by atoms with Crippen LogP contribution in [0.5, 0.6) is 0 Å². The number of alkyl halides is 3. The number of fused-ring (bicyclic) bond motifs is 2. The summed E-state index contributed by atoms with van der Waals surface area (Å²) in [6.45, 7) is 2.08. The van der Waals surface area contributed by atoms with E-state index in [-0.39, 0.29) is 23.4 Å². The van der Waals surface area contributed by atoms with E-state index in [2.05, 4.69) is 30.3 Å². The average molecular weight is 483 g/mol. The first-order valence-electron chi connectivity index (χ1n) is 11.2. The highest BCUT2D eigenvalue weighted by Gasteiger charge is 2.43. The molecule has 0 unspecified atom stereocenters. The molecule has 2 atom stereocenters. The molecule has 5 heterocycles. The van der Waals surface area contributed by atoms with Crippen LogP contribution in [0.4, 0.5) is 24.7 Å². The zero-order chi connectivity index (χ0) is 24.1. The molecule has 4 aromatic heterocycles. The molecule has 0 bridgehead atoms. The van der Waals surface area contributed by atoms with E-state index in [0.29, 0.717) is 23.3 Å². The molecule has 2 fully saturated rings. The Balaban J connectivity index is 1.41. The highest BCUT2D eigenvalue weighted by atomic mass is 19.3. The molecule has 0 spiro atoms. The molecule has 1 saturated carbocycles. The molecular weight excluding hydrogens is 463 g/mol. The first-order chi connectivity index (χ1) is 17.0. The van der Waals surface area contributed by atoms with Crippen molar-refractivity contribution in [2.45, 2.75) is 25.4 Å². The predicted molar refractivity (Wildman–Crippen MR) is 121 cm³/mol. The van der Waals surface area contributed by atoms with E-state index < -0.39 is 30.1 Å². The lowest BCUT2D eigenvalue weighted by atomic mass is 10.1. The van der Waals surface area contributed by atoms with Crippen molar-refractivity contribution in [3.63, 3.8) is 0 Å². The smallest absolute Gasteiger partial charge is 0.281 e. The predicted octanol–water partition coefficient (Wildman–Crippen LogP) is 3.76. The molecule has 1 aliphatic heterocycles. The van der Waals surface area contributed by atoms with Crippen LogP contribution in [0.1, 0.15) is 25.0 Å². The Kier molecular flexibility index (Phi) is 5.24. The van der Waals surface area contributed by atoms with Gasteiger partial charge in [0.1, 0.15) is 24.4 Å². The molecule has 1 saturated heterocycles. The Hall–Kier alpha value is -3.80. The van der Waals surface area contributed by atoms with Gasteiger partial charge in [0.15, 0.2) is 11.5 Å². The molecule has 0 radical (unpaired) electrons. The summed E-state index contributed by atoms with van der Waals surface area (Å²) in [7, 11) is 0. The monoisotopic (exact) mass is 483 g/mol. The van der Waals surface area contributed by atoms with E-state index in [0.717, 1.165) is 25.3 Å². The average Bonchev–Trinajstić information content (AvgIpc) is 3.45. The number of halogens is 3. The zero-order valence-electron chi connectivity index (χ0n) is 18.4. The van der Waals surface area contributed by atoms with Crippen molar-refractivity contribution in [2.75, 3.05) is 30.1 Å². The second-order valence-corrected chi connectivity index (χ2v) is 8.60. The van der Waals surface area contributed by atoms with Gasteiger partial charge in [-0.15, -0.1) is 5.10 Å². The minimum absolute atomic E-state index is 0.121. The maximum Gasteiger partial charge on any atom is 0.281 e. The van der Waals surface area contributed by atoms with E-state index in [1.165, 1.54) is 18.5 Å². The molecule has 180 valence electrons. The Labute approximate surface area is 196 Å². The van der Waals surface area contributed by atoms with Crippen molar-refractivity contribution in [1.82, 2.24) is 24.6 Å². The number of hydrogen-bond donors (Lipinski definition) is 1. The lowest BCUT2D eigenvalue weighted by Gasteiger charge is -2.28. The Morgan fingerprint density at radius 2 is 2.06 bits per heavy atom. The first-order valence-corrected chi connectivity index (χ1v) is 11.2. The number of rotatable bonds is 5. The highest BCUT2D eigenvalue weighted by molar-refractivity contribution is 6.00. The summed E-state index contributed by atoms with van der Waals surface area (Å²) < 4.78 is 47.7. The van der Waals surface area contributed by atoms with Gasteiger partial charge < -0.3 is 15.0 Å². The summed E-state index contributed by atoms with van der Waals surface area (Å²) in [5, 5.41) is 7.59. The molecule has 1 N–H and O–H groups in total. The number of aromatic nitrogens is 5. The maximum atomic E-state index is 13.6. The summed E-state index contributed by atoms with van der Waals surface area (Å²) in [4.78, 5) is 26.8. The molecule has 4 aromatic rings. The van der Waals surface area contributed by atoms with Crippen molar-refractivity contribution in [3.05, 3.63) is 42.5 Å². The van der Waals surface area contributed by atoms with Crippen molar-refractivity contribution < 1.29 is 22.7 Å². The quantitative estimate of drug-likeness (QED) is 0.462. The molecular formula is C23H20F3N7O2. The van der Waals surface area contributed by atoms with Gasteiger partial charge in [-0.2, -0.15) is 0 Å². The molecule has 6 rings (SSSR count). The minimum atomic E-state index is -2.82. The largest absolute Gasteiger partial charge is 0.361 e. The second kappa shape index (κ2) is 8.45. The van der Waals surface area contributed by atoms with Crippen LogP contribution in [0.15, 0.2) is 36.8 Å². The van der Waals surface area contributed by atoms with Gasteiger partial charge >= 0.3 is 0 Å². The third kappa shape index (κ3) is 4.03. The number of nitrogens with one attached hydrogen (secondary N) is 1. The summed E-state index contributed by atoms with van der Waals surface area (Å²) >= 11 is 0. The molecule has 9 nitrogen and oxygen atoms in total. The molecule has 1 aliphatic carbocycles. The zero-order valence-corrected chi connectivity index (χ0v) is 18.4. The van der Waals surface area contributed by atoms with Crippen molar-refractivity contribution >= 4 is 33.8 Å². The van der Waals surface area contributed by atoms with Gasteiger partial charge in [0.2, 0.25) is 5.91 Å². The number of anilines is 2. The summed E-state index contributed by atoms with van der Waals surface area (Å²) in [6.07, 6.45) is 1.46. The third-order valence-electron chi connectivity index (χ3n) is 6.20. The van der Waals surface area contributed by atoms with E-state index in [1.54, 1.807) is 4.52 Å². The summed E-state index contributed by atoms with van der Waals surface area (Å²) in [5.74, 6) is -0.787. The third-order valence-corrected chi connectivity index (χ3v) is 6.20. The maximum absolute atomic E-state index is 13.6. The lowest BCUT2D eigenvalue weighted by molar-refractivity contribution is -0.117. The van der Waals surface area contributed by atoms with Crippen LogP contribution in [0, 0.1) is 5.92 Å². The fourth-order valence-corrected chi connectivity index (χ4v) is 4.20. The summed E-state index contributed by atoms with van der Waals surface area (Å²) in [5.41, 5.74) is 1.46. The standard InChI is InChI=1S/C23H20F3N7O2/c24-17-6-14(17)23(34)29-18-7-13-15(8-27-18)20(21(25)26)28-9-16(13)22-30-19-3-2-12(10-33(19)31-22)32-4-1-5-35-11-32/h2-3,7-10,14,17,21H,1,4-6,11H2,(H,27,29,34)/t14-,17+/m1/s1. The molecule has 12 heteroatoms. The van der Waals surface area contributed by atoms with Gasteiger partial charge in [-0.1, -0.05) is 0 Å². The number of pyridine rings is 3. The first kappa shape index (κ1) is 21.7. The summed E-state index contributed by atoms with van der Waals surface area (Å²) in [6, 6.07) is 5.21. The van der Waals surface area contributed by atoms with Crippen LogP contribution in [-0.4, -0.2) is 56.5 Å². The van der Waals surface area contributed by atoms with Crippen LogP contribution in [0.3, 0.4) is 0 Å². The van der Waals surface area contributed by atoms with Crippen LogP contribution < -0.4 is 10.2 Å². The molecule has 0 aromatic carbocycles. The fourth-order valence-electron chi connectivity index (χ4n) is 4.20. The second-order valence-electron chi connectivity index (χ2n) is 8.60. The van der Waals surface area contributed by atoms with E-state index in [4.69, 9.17) is 4.74 Å². The number of ether oxygens (including phenoxy) is 1. The fraction of sp³-hybridized carbons (Fsp3) is 0.348. The van der Waals surface area contributed by atoms with Crippen molar-refractivity contribution in [2.24, 2.45) is 5.92 Å². The van der Waals surface area contributed by atoms with Gasteiger partial charge in [-0.25, -0.2) is 27.7 Å². The normalized spacial score (nSPS) is 20.1. The lowest BCUT2D eigenvalue weighted by Crippen LogP contribution is -2.33. The topological polar surface area (TPSA) is 97.5 Å². The molecule has 2 aliphatic rings. The Bertz CT molecular complexity index is 1440. The van der Waals surface area contributed by atoms with Crippen LogP contribution in [-0.2, 0) is 9.53 Å². The van der Waals surface area contributed by atoms with Crippen molar-refractivity contribution in [1.29, 1.82) is 0 Å². The van der Waals surface area contributed by atoms with Gasteiger partial charge in [-0.05, 0) is 31.0 Å². The van der Waals surface area contributed by atoms with Crippen molar-refractivity contribution in [3.8, 4) is 11.4 Å². The van der Waals surface area contributed by atoms with Gasteiger partial charge in [-0.3, -0.25) is 9.78 Å². The van der Waals surface area contributed by atoms with Crippen LogP contribution >= 0.6 is 0 Å². The highest BCUT2D eigenvalue weighted by Crippen LogP contribution is 2.36. The molecule has 1 amide bonds. The van der Waals surface area contributed by atoms with Crippen LogP contribution in [0.25, 0.3) is 27.8 Å². The number of carbonyl (C=O) groups is 1. The minimum Gasteiger partial charge on any atom is -0.361 e. The van der Waals surface area contributed by atoms with E-state index in [1.807, 2.05) is 18.3 Å². The Morgan fingerprint density at radius 3 is 2.80 bits per heavy atom. The van der Waals surface area contributed by atoms with Gasteiger partial charge in [0, 0.05) is 35.3 Å². The van der Waals surface area contributed by atoms with Gasteiger partial charge in [0.25, 0.3) is 6.43 Å². The number of amides is 1.